The van der Waals surface area contributed by atoms with Gasteiger partial charge in [-0.1, -0.05) is 40.2 Å². The molecule has 1 saturated carbocycles. The number of halogens is 3. The molecule has 3 nitrogen and oxygen atoms in total. The molecular formula is C21H28BrF2NO2S. The summed E-state index contributed by atoms with van der Waals surface area (Å²) < 4.78 is 48.8. The third-order valence-corrected chi connectivity index (χ3v) is 7.75. The summed E-state index contributed by atoms with van der Waals surface area (Å²) in [7, 11) is 0. The third-order valence-electron chi connectivity index (χ3n) is 5.86. The van der Waals surface area contributed by atoms with E-state index in [1.165, 1.54) is 5.56 Å². The van der Waals surface area contributed by atoms with Crippen molar-refractivity contribution in [1.82, 2.24) is 0 Å². The molecule has 1 fully saturated rings. The predicted octanol–water partition coefficient (Wildman–Crippen LogP) is 5.92. The van der Waals surface area contributed by atoms with Crippen LogP contribution in [0.2, 0.25) is 0 Å². The first-order chi connectivity index (χ1) is 12.9. The minimum atomic E-state index is -2.76. The Morgan fingerprint density at radius 3 is 2.39 bits per heavy atom. The van der Waals surface area contributed by atoms with E-state index in [1.807, 2.05) is 46.8 Å². The maximum absolute atomic E-state index is 12.9. The first kappa shape index (κ1) is 22.2. The lowest BCUT2D eigenvalue weighted by Gasteiger charge is -2.45. The second kappa shape index (κ2) is 7.97. The van der Waals surface area contributed by atoms with Gasteiger partial charge in [-0.2, -0.15) is 8.78 Å². The summed E-state index contributed by atoms with van der Waals surface area (Å²) in [6, 6.07) is 6.13. The molecule has 0 heterocycles. The SMILES string of the molecule is C[C@@H]1C[C@@]2(Cc3ccc(Br)cc3/C2=N/[S@@+]([O-])C(C)(C)C)C[C@H](C)[C@H]1OC(F)F. The fraction of sp³-hybridized carbons (Fsp3) is 0.667. The molecule has 5 atom stereocenters. The maximum atomic E-state index is 12.9. The van der Waals surface area contributed by atoms with Crippen LogP contribution < -0.4 is 0 Å². The molecule has 2 aliphatic rings. The Bertz CT molecular complexity index is 753. The third kappa shape index (κ3) is 4.32. The van der Waals surface area contributed by atoms with E-state index in [0.29, 0.717) is 12.8 Å². The van der Waals surface area contributed by atoms with Crippen LogP contribution in [0.4, 0.5) is 8.78 Å². The highest BCUT2D eigenvalue weighted by molar-refractivity contribution is 9.10. The molecule has 156 valence electrons. The van der Waals surface area contributed by atoms with Crippen LogP contribution >= 0.6 is 15.9 Å². The van der Waals surface area contributed by atoms with Crippen LogP contribution in [-0.2, 0) is 22.5 Å². The van der Waals surface area contributed by atoms with Gasteiger partial charge in [0.25, 0.3) is 0 Å². The second-order valence-corrected chi connectivity index (χ2v) is 12.1. The van der Waals surface area contributed by atoms with Crippen LogP contribution in [0.1, 0.15) is 58.6 Å². The van der Waals surface area contributed by atoms with Crippen molar-refractivity contribution >= 4 is 33.0 Å². The summed E-state index contributed by atoms with van der Waals surface area (Å²) in [6.07, 6.45) is 1.71. The van der Waals surface area contributed by atoms with Gasteiger partial charge in [0.15, 0.2) is 0 Å². The number of alkyl halides is 2. The number of ether oxygens (including phenoxy) is 1. The summed E-state index contributed by atoms with van der Waals surface area (Å²) in [5.41, 5.74) is 2.79. The highest BCUT2D eigenvalue weighted by Gasteiger charge is 2.52. The van der Waals surface area contributed by atoms with E-state index in [9.17, 15) is 13.3 Å². The zero-order valence-corrected chi connectivity index (χ0v) is 19.4. The second-order valence-electron chi connectivity index (χ2n) is 9.28. The van der Waals surface area contributed by atoms with Crippen LogP contribution in [0, 0.1) is 17.3 Å². The van der Waals surface area contributed by atoms with Gasteiger partial charge in [-0.25, -0.2) is 0 Å². The molecular weight excluding hydrogens is 448 g/mol. The minimum Gasteiger partial charge on any atom is -0.591 e. The first-order valence-electron chi connectivity index (χ1n) is 9.66. The van der Waals surface area contributed by atoms with Crippen molar-refractivity contribution in [3.63, 3.8) is 0 Å². The molecule has 0 bridgehead atoms. The normalized spacial score (nSPS) is 32.9. The summed E-state index contributed by atoms with van der Waals surface area (Å²) in [4.78, 5) is 0. The molecule has 28 heavy (non-hydrogen) atoms. The van der Waals surface area contributed by atoms with Crippen LogP contribution in [0.25, 0.3) is 0 Å². The fourth-order valence-corrected chi connectivity index (χ4v) is 5.95. The molecule has 0 saturated heterocycles. The molecule has 0 amide bonds. The Hall–Kier alpha value is -0.500. The first-order valence-corrected chi connectivity index (χ1v) is 11.6. The van der Waals surface area contributed by atoms with Crippen molar-refractivity contribution in [2.75, 3.05) is 0 Å². The predicted molar refractivity (Wildman–Crippen MR) is 113 cm³/mol. The van der Waals surface area contributed by atoms with Gasteiger partial charge in [-0.05, 0) is 69.6 Å². The minimum absolute atomic E-state index is 0.0382. The molecule has 0 radical (unpaired) electrons. The number of nitrogens with zero attached hydrogens (tertiary/aromatic N) is 1. The van der Waals surface area contributed by atoms with E-state index >= 15 is 0 Å². The van der Waals surface area contributed by atoms with Crippen molar-refractivity contribution in [1.29, 1.82) is 0 Å². The molecule has 2 aliphatic carbocycles. The Balaban J connectivity index is 2.03. The molecule has 1 aromatic rings. The van der Waals surface area contributed by atoms with E-state index in [0.717, 1.165) is 22.2 Å². The highest BCUT2D eigenvalue weighted by atomic mass is 79.9. The van der Waals surface area contributed by atoms with Gasteiger partial charge >= 0.3 is 6.61 Å². The monoisotopic (exact) mass is 475 g/mol. The zero-order chi connectivity index (χ0) is 20.9. The van der Waals surface area contributed by atoms with E-state index in [-0.39, 0.29) is 17.3 Å². The average molecular weight is 476 g/mol. The number of benzene rings is 1. The number of hydrogen-bond donors (Lipinski definition) is 0. The maximum Gasteiger partial charge on any atom is 0.345 e. The van der Waals surface area contributed by atoms with Gasteiger partial charge in [0.05, 0.1) is 6.10 Å². The Morgan fingerprint density at radius 1 is 1.25 bits per heavy atom. The van der Waals surface area contributed by atoms with Gasteiger partial charge in [-0.15, -0.1) is 0 Å². The van der Waals surface area contributed by atoms with Gasteiger partial charge in [0, 0.05) is 15.5 Å². The molecule has 0 unspecified atom stereocenters. The lowest BCUT2D eigenvalue weighted by atomic mass is 9.63. The van der Waals surface area contributed by atoms with Crippen molar-refractivity contribution < 1.29 is 18.1 Å². The molecule has 1 aromatic carbocycles. The largest absolute Gasteiger partial charge is 0.591 e. The Labute approximate surface area is 177 Å². The van der Waals surface area contributed by atoms with Crippen molar-refractivity contribution in [3.8, 4) is 0 Å². The van der Waals surface area contributed by atoms with Crippen LogP contribution in [0.3, 0.4) is 0 Å². The molecule has 0 aliphatic heterocycles. The highest BCUT2D eigenvalue weighted by Crippen LogP contribution is 2.52. The van der Waals surface area contributed by atoms with E-state index in [1.54, 1.807) is 0 Å². The Morgan fingerprint density at radius 2 is 1.86 bits per heavy atom. The van der Waals surface area contributed by atoms with E-state index in [4.69, 9.17) is 9.13 Å². The van der Waals surface area contributed by atoms with E-state index < -0.39 is 28.8 Å². The summed E-state index contributed by atoms with van der Waals surface area (Å²) >= 11 is 2.15. The fourth-order valence-electron chi connectivity index (χ4n) is 4.86. The number of fused-ring (bicyclic) bond motifs is 1. The number of rotatable bonds is 3. The number of hydrogen-bond acceptors (Lipinski definition) is 3. The molecule has 7 heteroatoms. The Kier molecular flexibility index (Phi) is 6.32. The van der Waals surface area contributed by atoms with Crippen LogP contribution in [0.15, 0.2) is 27.1 Å². The standard InChI is InChI=1S/C21H28BrF2NO2S/c1-12-9-21(10-13(2)17(12)27-19(23)24)11-14-6-7-15(22)8-16(14)18(21)25-28(26)20(3,4)5/h6-8,12-13,17,19H,9-11H2,1-5H3/b25-18-/t12-,13+,17+,21+,28-/m0/s1. The molecule has 3 rings (SSSR count). The lowest BCUT2D eigenvalue weighted by Crippen LogP contribution is -2.46. The van der Waals surface area contributed by atoms with Gasteiger partial charge < -0.3 is 9.29 Å². The van der Waals surface area contributed by atoms with E-state index in [2.05, 4.69) is 22.0 Å². The summed E-state index contributed by atoms with van der Waals surface area (Å²) in [5.74, 6) is -0.0763. The molecule has 1 spiro atoms. The molecule has 0 aromatic heterocycles. The van der Waals surface area contributed by atoms with Gasteiger partial charge in [-0.3, -0.25) is 0 Å². The van der Waals surface area contributed by atoms with Crippen LogP contribution in [-0.4, -0.2) is 27.7 Å². The van der Waals surface area contributed by atoms with Crippen molar-refractivity contribution in [3.05, 3.63) is 33.8 Å². The summed E-state index contributed by atoms with van der Waals surface area (Å²) in [5, 5.41) is 0. The average Bonchev–Trinajstić information content (AvgIpc) is 2.83. The molecule has 0 N–H and O–H groups in total. The van der Waals surface area contributed by atoms with Gasteiger partial charge in [0.2, 0.25) is 0 Å². The van der Waals surface area contributed by atoms with Crippen molar-refractivity contribution in [2.45, 2.75) is 71.3 Å². The smallest absolute Gasteiger partial charge is 0.345 e. The lowest BCUT2D eigenvalue weighted by molar-refractivity contribution is -0.200. The van der Waals surface area contributed by atoms with Crippen LogP contribution in [0.5, 0.6) is 0 Å². The van der Waals surface area contributed by atoms with Crippen molar-refractivity contribution in [2.24, 2.45) is 21.6 Å². The summed E-state index contributed by atoms with van der Waals surface area (Å²) in [6.45, 7) is 6.92. The topological polar surface area (TPSA) is 44.7 Å². The zero-order valence-electron chi connectivity index (χ0n) is 17.0. The quantitative estimate of drug-likeness (QED) is 0.509. The van der Waals surface area contributed by atoms with Gasteiger partial charge in [0.1, 0.15) is 21.8 Å².